The largest absolute Gasteiger partial charge is 0.481 e. The summed E-state index contributed by atoms with van der Waals surface area (Å²) in [4.78, 5) is 25.1. The van der Waals surface area contributed by atoms with Crippen LogP contribution in [0.15, 0.2) is 0 Å². The zero-order valence-electron chi connectivity index (χ0n) is 14.1. The van der Waals surface area contributed by atoms with E-state index >= 15 is 0 Å². The van der Waals surface area contributed by atoms with Crippen molar-refractivity contribution in [3.63, 3.8) is 0 Å². The minimum Gasteiger partial charge on any atom is -0.481 e. The van der Waals surface area contributed by atoms with Crippen molar-refractivity contribution in [2.45, 2.75) is 63.5 Å². The molecule has 0 saturated heterocycles. The zero-order valence-corrected chi connectivity index (χ0v) is 14.9. The van der Waals surface area contributed by atoms with Gasteiger partial charge in [-0.1, -0.05) is 0 Å². The number of nitrogens with one attached hydrogen (secondary N) is 1. The smallest absolute Gasteiger partial charge is 0.304 e. The molecule has 1 amide bonds. The standard InChI is InChI=1S/C17H28N2O3.ClH/c1-11(19(2)4-3-15(20)21)16(22)18-17-8-12-5-13(9-17)7-14(6-12)10-17;/h11-14H,3-10H2,1-2H3,(H,18,22)(H,20,21);1H. The molecule has 5 nitrogen and oxygen atoms in total. The van der Waals surface area contributed by atoms with Crippen molar-refractivity contribution in [1.29, 1.82) is 0 Å². The molecular formula is C17H29ClN2O3. The first kappa shape index (κ1) is 18.5. The maximum absolute atomic E-state index is 12.6. The van der Waals surface area contributed by atoms with Gasteiger partial charge in [-0.2, -0.15) is 0 Å². The van der Waals surface area contributed by atoms with Crippen molar-refractivity contribution >= 4 is 24.3 Å². The summed E-state index contributed by atoms with van der Waals surface area (Å²) in [6, 6.07) is -0.271. The number of nitrogens with zero attached hydrogens (tertiary/aromatic N) is 1. The number of carboxylic acids is 1. The van der Waals surface area contributed by atoms with Crippen molar-refractivity contribution in [1.82, 2.24) is 10.2 Å². The molecule has 4 rings (SSSR count). The summed E-state index contributed by atoms with van der Waals surface area (Å²) >= 11 is 0. The van der Waals surface area contributed by atoms with Crippen molar-refractivity contribution in [2.75, 3.05) is 13.6 Å². The van der Waals surface area contributed by atoms with Crippen LogP contribution < -0.4 is 5.32 Å². The molecule has 0 spiro atoms. The molecule has 1 unspecified atom stereocenters. The van der Waals surface area contributed by atoms with Gasteiger partial charge in [-0.15, -0.1) is 12.4 Å². The van der Waals surface area contributed by atoms with Crippen molar-refractivity contribution in [2.24, 2.45) is 17.8 Å². The lowest BCUT2D eigenvalue weighted by atomic mass is 9.53. The molecule has 132 valence electrons. The molecule has 4 bridgehead atoms. The van der Waals surface area contributed by atoms with Crippen LogP contribution in [0.25, 0.3) is 0 Å². The number of carboxylic acid groups (broad SMARTS) is 1. The van der Waals surface area contributed by atoms with Crippen LogP contribution >= 0.6 is 12.4 Å². The van der Waals surface area contributed by atoms with Crippen LogP contribution in [0.5, 0.6) is 0 Å². The SMILES string of the molecule is CC(C(=O)NC12CC3CC(CC(C3)C1)C2)N(C)CCC(=O)O.Cl. The monoisotopic (exact) mass is 344 g/mol. The fraction of sp³-hybridized carbons (Fsp3) is 0.882. The molecule has 4 aliphatic rings. The van der Waals surface area contributed by atoms with Gasteiger partial charge < -0.3 is 10.4 Å². The molecule has 1 atom stereocenters. The molecule has 0 aromatic rings. The highest BCUT2D eigenvalue weighted by Gasteiger charge is 2.51. The molecule has 4 saturated carbocycles. The van der Waals surface area contributed by atoms with Crippen LogP contribution in [-0.2, 0) is 9.59 Å². The second-order valence-electron chi connectivity index (χ2n) is 7.99. The number of amides is 1. The number of carbonyl (C=O) groups is 2. The fourth-order valence-corrected chi connectivity index (χ4v) is 5.30. The molecule has 0 aromatic heterocycles. The Morgan fingerprint density at radius 2 is 1.65 bits per heavy atom. The summed E-state index contributed by atoms with van der Waals surface area (Å²) in [5.74, 6) is 1.68. The highest BCUT2D eigenvalue weighted by Crippen LogP contribution is 2.55. The summed E-state index contributed by atoms with van der Waals surface area (Å²) in [5.41, 5.74) is 0.0354. The van der Waals surface area contributed by atoms with Crippen LogP contribution in [-0.4, -0.2) is 47.1 Å². The Kier molecular flexibility index (Phi) is 5.62. The number of hydrogen-bond acceptors (Lipinski definition) is 3. The van der Waals surface area contributed by atoms with E-state index < -0.39 is 5.97 Å². The number of aliphatic carboxylic acids is 1. The van der Waals surface area contributed by atoms with Gasteiger partial charge in [0.1, 0.15) is 0 Å². The van der Waals surface area contributed by atoms with E-state index in [0.717, 1.165) is 37.0 Å². The predicted octanol–water partition coefficient (Wildman–Crippen LogP) is 2.29. The lowest BCUT2D eigenvalue weighted by molar-refractivity contribution is -0.138. The molecule has 23 heavy (non-hydrogen) atoms. The van der Waals surface area contributed by atoms with E-state index in [1.54, 1.807) is 0 Å². The second kappa shape index (κ2) is 6.98. The Hall–Kier alpha value is -0.810. The number of hydrogen-bond donors (Lipinski definition) is 2. The molecule has 4 fully saturated rings. The van der Waals surface area contributed by atoms with E-state index in [1.165, 1.54) is 19.3 Å². The topological polar surface area (TPSA) is 69.6 Å². The Morgan fingerprint density at radius 3 is 2.09 bits per heavy atom. The Labute approximate surface area is 144 Å². The predicted molar refractivity (Wildman–Crippen MR) is 90.6 cm³/mol. The highest BCUT2D eigenvalue weighted by atomic mass is 35.5. The first-order valence-corrected chi connectivity index (χ1v) is 8.61. The Balaban J connectivity index is 0.00000192. The third kappa shape index (κ3) is 4.00. The third-order valence-electron chi connectivity index (χ3n) is 6.15. The lowest BCUT2D eigenvalue weighted by Crippen LogP contribution is -2.62. The Bertz CT molecular complexity index is 433. The van der Waals surface area contributed by atoms with Gasteiger partial charge >= 0.3 is 5.97 Å². The minimum absolute atomic E-state index is 0. The zero-order chi connectivity index (χ0) is 15.9. The second-order valence-corrected chi connectivity index (χ2v) is 7.99. The number of rotatable bonds is 6. The van der Waals surface area contributed by atoms with E-state index in [0.29, 0.717) is 6.54 Å². The molecule has 0 heterocycles. The Morgan fingerprint density at radius 1 is 1.17 bits per heavy atom. The van der Waals surface area contributed by atoms with Crippen LogP contribution in [0.4, 0.5) is 0 Å². The fourth-order valence-electron chi connectivity index (χ4n) is 5.30. The molecule has 0 radical (unpaired) electrons. The van der Waals surface area contributed by atoms with Crippen molar-refractivity contribution in [3.05, 3.63) is 0 Å². The van der Waals surface area contributed by atoms with Gasteiger partial charge in [0, 0.05) is 12.1 Å². The summed E-state index contributed by atoms with van der Waals surface area (Å²) < 4.78 is 0. The summed E-state index contributed by atoms with van der Waals surface area (Å²) in [6.45, 7) is 2.28. The van der Waals surface area contributed by atoms with Crippen LogP contribution in [0, 0.1) is 17.8 Å². The van der Waals surface area contributed by atoms with Crippen LogP contribution in [0.3, 0.4) is 0 Å². The van der Waals surface area contributed by atoms with E-state index in [9.17, 15) is 9.59 Å². The average molecular weight is 345 g/mol. The highest BCUT2D eigenvalue weighted by molar-refractivity contribution is 5.85. The van der Waals surface area contributed by atoms with Gasteiger partial charge in [0.15, 0.2) is 0 Å². The summed E-state index contributed by atoms with van der Waals surface area (Å²) in [5, 5.41) is 12.1. The number of carbonyl (C=O) groups excluding carboxylic acids is 1. The third-order valence-corrected chi connectivity index (χ3v) is 6.15. The first-order valence-electron chi connectivity index (χ1n) is 8.61. The number of halogens is 1. The van der Waals surface area contributed by atoms with Gasteiger partial charge in [0.05, 0.1) is 12.5 Å². The maximum Gasteiger partial charge on any atom is 0.304 e. The van der Waals surface area contributed by atoms with E-state index in [4.69, 9.17) is 5.11 Å². The van der Waals surface area contributed by atoms with Gasteiger partial charge in [-0.05, 0) is 70.3 Å². The van der Waals surface area contributed by atoms with E-state index in [-0.39, 0.29) is 36.3 Å². The molecule has 0 aromatic carbocycles. The first-order chi connectivity index (χ1) is 10.4. The quantitative estimate of drug-likeness (QED) is 0.775. The van der Waals surface area contributed by atoms with Gasteiger partial charge in [-0.3, -0.25) is 14.5 Å². The van der Waals surface area contributed by atoms with E-state index in [2.05, 4.69) is 5.32 Å². The molecule has 2 N–H and O–H groups in total. The van der Waals surface area contributed by atoms with Gasteiger partial charge in [-0.25, -0.2) is 0 Å². The average Bonchev–Trinajstić information content (AvgIpc) is 2.41. The summed E-state index contributed by atoms with van der Waals surface area (Å²) in [6.07, 6.45) is 7.62. The number of likely N-dealkylation sites (N-methyl/N-ethyl adjacent to an activating group) is 1. The van der Waals surface area contributed by atoms with E-state index in [1.807, 2.05) is 18.9 Å². The molecule has 4 aliphatic carbocycles. The van der Waals surface area contributed by atoms with Crippen molar-refractivity contribution in [3.8, 4) is 0 Å². The van der Waals surface area contributed by atoms with Crippen LogP contribution in [0.1, 0.15) is 51.9 Å². The summed E-state index contributed by atoms with van der Waals surface area (Å²) in [7, 11) is 1.83. The normalized spacial score (nSPS) is 35.7. The lowest BCUT2D eigenvalue weighted by Gasteiger charge is -2.57. The van der Waals surface area contributed by atoms with Crippen LogP contribution in [0.2, 0.25) is 0 Å². The van der Waals surface area contributed by atoms with Gasteiger partial charge in [0.25, 0.3) is 0 Å². The van der Waals surface area contributed by atoms with Crippen molar-refractivity contribution < 1.29 is 14.7 Å². The molecule has 6 heteroatoms. The molecular weight excluding hydrogens is 316 g/mol. The maximum atomic E-state index is 12.6. The van der Waals surface area contributed by atoms with Gasteiger partial charge in [0.2, 0.25) is 5.91 Å². The molecule has 0 aliphatic heterocycles. The minimum atomic E-state index is -0.819.